The van der Waals surface area contributed by atoms with E-state index < -0.39 is 0 Å². The van der Waals surface area contributed by atoms with E-state index in [9.17, 15) is 0 Å². The second-order valence-corrected chi connectivity index (χ2v) is 23.2. The van der Waals surface area contributed by atoms with E-state index in [1.54, 1.807) is 0 Å². The highest BCUT2D eigenvalue weighted by atomic mass is 79.9. The normalized spacial score (nSPS) is 11.0. The average molecular weight is 1230 g/mol. The first-order valence-corrected chi connectivity index (χ1v) is 29.7. The zero-order chi connectivity index (χ0) is 58.4. The Bertz CT molecular complexity index is 4470. The van der Waals surface area contributed by atoms with Gasteiger partial charge in [-0.3, -0.25) is 15.0 Å². The topological polar surface area (TPSA) is 90.2 Å². The van der Waals surface area contributed by atoms with Crippen molar-refractivity contribution < 1.29 is 0 Å². The molecule has 410 valence electrons. The molecule has 0 amide bonds. The quantitative estimate of drug-likeness (QED) is 0.150. The third-order valence-corrected chi connectivity index (χ3v) is 15.7. The minimum Gasteiger partial charge on any atom is -0.256 e. The van der Waals surface area contributed by atoms with Crippen LogP contribution in [0, 0.1) is 34.6 Å². The second kappa shape index (κ2) is 25.0. The SMILES string of the molecule is Cc1ccc(-c2cc(-c3ccc(C)cc3)nc(-c3cc(-c4ccc5ncccc5c4)cc(-c4ccc5ncccc5c4)c3)n2)cc1.Cc1ccc(-c2cc(-c3ccc(C)cc3)nc(-c3cc(Br)cc(Br)c3)n2)cc1.Cc1ccc2ncccc2c1. The third kappa shape index (κ3) is 13.4. The van der Waals surface area contributed by atoms with Crippen molar-refractivity contribution >= 4 is 64.6 Å². The molecule has 0 radical (unpaired) electrons. The zero-order valence-electron chi connectivity index (χ0n) is 47.6. The van der Waals surface area contributed by atoms with Crippen molar-refractivity contribution in [3.63, 3.8) is 0 Å². The molecule has 14 rings (SSSR count). The number of hydrogen-bond donors (Lipinski definition) is 0. The van der Waals surface area contributed by atoms with Gasteiger partial charge in [0.05, 0.1) is 39.3 Å². The first-order valence-electron chi connectivity index (χ1n) is 28.1. The summed E-state index contributed by atoms with van der Waals surface area (Å²) in [5.41, 5.74) is 23.4. The van der Waals surface area contributed by atoms with Crippen LogP contribution in [0.4, 0.5) is 0 Å². The van der Waals surface area contributed by atoms with Crippen LogP contribution in [0.5, 0.6) is 0 Å². The van der Waals surface area contributed by atoms with Crippen LogP contribution in [-0.4, -0.2) is 34.9 Å². The summed E-state index contributed by atoms with van der Waals surface area (Å²) in [6.45, 7) is 10.5. The van der Waals surface area contributed by atoms with Gasteiger partial charge >= 0.3 is 0 Å². The van der Waals surface area contributed by atoms with Crippen LogP contribution in [0.25, 0.3) is 123 Å². The lowest BCUT2D eigenvalue weighted by atomic mass is 9.94. The lowest BCUT2D eigenvalue weighted by molar-refractivity contribution is 1.18. The van der Waals surface area contributed by atoms with Gasteiger partial charge in [0.15, 0.2) is 11.6 Å². The molecular formula is C76H57Br2N7. The molecule has 5 aromatic heterocycles. The number of aryl methyl sites for hydroxylation is 5. The number of aromatic nitrogens is 7. The maximum Gasteiger partial charge on any atom is 0.160 e. The van der Waals surface area contributed by atoms with E-state index in [1.807, 2.05) is 61.1 Å². The Morgan fingerprint density at radius 3 is 0.894 bits per heavy atom. The van der Waals surface area contributed by atoms with Gasteiger partial charge in [-0.15, -0.1) is 0 Å². The highest BCUT2D eigenvalue weighted by molar-refractivity contribution is 9.11. The number of fused-ring (bicyclic) bond motifs is 3. The summed E-state index contributed by atoms with van der Waals surface area (Å²) in [5.74, 6) is 1.39. The van der Waals surface area contributed by atoms with Crippen LogP contribution in [-0.2, 0) is 0 Å². The molecule has 0 aliphatic heterocycles. The standard InChI is InChI=1S/C42H30N4.C24H18Br2N2.C10H9N/c1-27-7-11-29(12-8-27)40-26-41(30-13-9-28(2)10-14-30)46-42(45-40)37-24-35(31-15-17-38-33(21-31)5-3-19-43-38)23-36(25-37)32-16-18-39-34(22-32)6-4-20-44-39;1-15-3-7-17(8-4-15)22-14-23(18-9-5-16(2)6-10-18)28-24(27-22)19-11-20(25)13-21(26)12-19;1-8-4-5-10-9(7-8)3-2-6-11-10/h3-26H,1-2H3;3-14H,1-2H3;2-7H,1H3. The minimum absolute atomic E-state index is 0.682. The fraction of sp³-hybridized carbons (Fsp3) is 0.0658. The van der Waals surface area contributed by atoms with Gasteiger partial charge in [-0.2, -0.15) is 0 Å². The summed E-state index contributed by atoms with van der Waals surface area (Å²) in [7, 11) is 0. The fourth-order valence-electron chi connectivity index (χ4n) is 10.1. The van der Waals surface area contributed by atoms with E-state index in [0.717, 1.165) is 115 Å². The number of pyridine rings is 3. The molecule has 85 heavy (non-hydrogen) atoms. The number of nitrogens with zero attached hydrogens (tertiary/aromatic N) is 7. The zero-order valence-corrected chi connectivity index (χ0v) is 50.8. The number of halogens is 2. The Kier molecular flexibility index (Phi) is 16.5. The molecule has 5 heterocycles. The van der Waals surface area contributed by atoms with Crippen molar-refractivity contribution in [1.82, 2.24) is 34.9 Å². The van der Waals surface area contributed by atoms with Crippen LogP contribution < -0.4 is 0 Å². The van der Waals surface area contributed by atoms with E-state index in [4.69, 9.17) is 19.9 Å². The summed E-state index contributed by atoms with van der Waals surface area (Å²) in [6, 6.07) is 82.2. The van der Waals surface area contributed by atoms with Crippen LogP contribution in [0.15, 0.2) is 264 Å². The van der Waals surface area contributed by atoms with Crippen molar-refractivity contribution in [3.05, 3.63) is 292 Å². The van der Waals surface area contributed by atoms with Gasteiger partial charge < -0.3 is 0 Å². The Morgan fingerprint density at radius 1 is 0.235 bits per heavy atom. The summed E-state index contributed by atoms with van der Waals surface area (Å²) in [4.78, 5) is 33.4. The molecule has 0 N–H and O–H groups in total. The van der Waals surface area contributed by atoms with Crippen molar-refractivity contribution in [2.24, 2.45) is 0 Å². The lowest BCUT2D eigenvalue weighted by Gasteiger charge is -2.14. The second-order valence-electron chi connectivity index (χ2n) is 21.4. The van der Waals surface area contributed by atoms with Gasteiger partial charge in [-0.25, -0.2) is 19.9 Å². The first kappa shape index (κ1) is 55.8. The van der Waals surface area contributed by atoms with Gasteiger partial charge in [-0.05, 0) is 160 Å². The monoisotopic (exact) mass is 1230 g/mol. The molecule has 0 spiro atoms. The predicted octanol–water partition coefficient (Wildman–Crippen LogP) is 20.7. The lowest BCUT2D eigenvalue weighted by Crippen LogP contribution is -1.97. The molecule has 14 aromatic rings. The van der Waals surface area contributed by atoms with Crippen LogP contribution in [0.3, 0.4) is 0 Å². The molecule has 0 bridgehead atoms. The van der Waals surface area contributed by atoms with Gasteiger partial charge in [0, 0.05) is 77.1 Å². The Hall–Kier alpha value is -9.67. The Labute approximate surface area is 512 Å². The number of hydrogen-bond acceptors (Lipinski definition) is 7. The molecule has 0 atom stereocenters. The Morgan fingerprint density at radius 2 is 0.529 bits per heavy atom. The molecular weight excluding hydrogens is 1170 g/mol. The highest BCUT2D eigenvalue weighted by Crippen LogP contribution is 2.37. The third-order valence-electron chi connectivity index (χ3n) is 14.8. The summed E-state index contributed by atoms with van der Waals surface area (Å²) >= 11 is 7.14. The maximum absolute atomic E-state index is 5.18. The van der Waals surface area contributed by atoms with Gasteiger partial charge in [0.1, 0.15) is 0 Å². The minimum atomic E-state index is 0.682. The van der Waals surface area contributed by atoms with Crippen molar-refractivity contribution in [2.45, 2.75) is 34.6 Å². The molecule has 7 nitrogen and oxygen atoms in total. The van der Waals surface area contributed by atoms with Gasteiger partial charge in [0.2, 0.25) is 0 Å². The molecule has 0 aliphatic carbocycles. The van der Waals surface area contributed by atoms with E-state index in [0.29, 0.717) is 11.6 Å². The predicted molar refractivity (Wildman–Crippen MR) is 359 cm³/mol. The van der Waals surface area contributed by atoms with E-state index in [2.05, 4.69) is 276 Å². The van der Waals surface area contributed by atoms with Crippen molar-refractivity contribution in [3.8, 4) is 90.1 Å². The molecule has 0 fully saturated rings. The number of benzene rings is 9. The fourth-order valence-corrected chi connectivity index (χ4v) is 11.4. The smallest absolute Gasteiger partial charge is 0.160 e. The molecule has 0 aliphatic rings. The van der Waals surface area contributed by atoms with Gasteiger partial charge in [-0.1, -0.05) is 193 Å². The molecule has 0 saturated carbocycles. The molecule has 0 saturated heterocycles. The first-order chi connectivity index (χ1) is 41.4. The molecule has 9 aromatic carbocycles. The molecule has 0 unspecified atom stereocenters. The average Bonchev–Trinajstić information content (AvgIpc) is 3.58. The van der Waals surface area contributed by atoms with Crippen LogP contribution >= 0.6 is 31.9 Å². The maximum atomic E-state index is 5.18. The van der Waals surface area contributed by atoms with Crippen molar-refractivity contribution in [2.75, 3.05) is 0 Å². The van der Waals surface area contributed by atoms with Crippen LogP contribution in [0.1, 0.15) is 27.8 Å². The summed E-state index contributed by atoms with van der Waals surface area (Å²) in [5, 5.41) is 3.42. The highest BCUT2D eigenvalue weighted by Gasteiger charge is 2.16. The largest absolute Gasteiger partial charge is 0.256 e. The van der Waals surface area contributed by atoms with Crippen molar-refractivity contribution in [1.29, 1.82) is 0 Å². The van der Waals surface area contributed by atoms with Crippen LogP contribution in [0.2, 0.25) is 0 Å². The van der Waals surface area contributed by atoms with E-state index >= 15 is 0 Å². The van der Waals surface area contributed by atoms with E-state index in [-0.39, 0.29) is 0 Å². The molecule has 9 heteroatoms. The number of rotatable bonds is 8. The Balaban J connectivity index is 0.000000152. The summed E-state index contributed by atoms with van der Waals surface area (Å²) in [6.07, 6.45) is 5.48. The summed E-state index contributed by atoms with van der Waals surface area (Å²) < 4.78 is 1.97. The van der Waals surface area contributed by atoms with Gasteiger partial charge in [0.25, 0.3) is 0 Å². The van der Waals surface area contributed by atoms with E-state index in [1.165, 1.54) is 33.2 Å².